The monoisotopic (exact) mass is 262 g/mol. The van der Waals surface area contributed by atoms with Crippen LogP contribution in [0.3, 0.4) is 0 Å². The highest BCUT2D eigenvalue weighted by molar-refractivity contribution is 7.09. The van der Waals surface area contributed by atoms with Crippen molar-refractivity contribution < 1.29 is 0 Å². The van der Waals surface area contributed by atoms with Crippen molar-refractivity contribution in [3.63, 3.8) is 0 Å². The molecule has 0 saturated heterocycles. The van der Waals surface area contributed by atoms with Gasteiger partial charge in [-0.25, -0.2) is 0 Å². The van der Waals surface area contributed by atoms with Gasteiger partial charge < -0.3 is 0 Å². The minimum Gasteiger partial charge on any atom is -0.294 e. The van der Waals surface area contributed by atoms with Gasteiger partial charge in [-0.05, 0) is 42.5 Å². The Morgan fingerprint density at radius 2 is 2.17 bits per heavy atom. The molecule has 1 atom stereocenters. The van der Waals surface area contributed by atoms with Crippen LogP contribution in [0.1, 0.15) is 50.8 Å². The van der Waals surface area contributed by atoms with Gasteiger partial charge in [0.05, 0.1) is 6.07 Å². The molecule has 1 fully saturated rings. The fraction of sp³-hybridized carbons (Fsp3) is 0.667. The van der Waals surface area contributed by atoms with Crippen molar-refractivity contribution in [2.45, 2.75) is 58.0 Å². The van der Waals surface area contributed by atoms with Gasteiger partial charge in [0.1, 0.15) is 5.54 Å². The van der Waals surface area contributed by atoms with Gasteiger partial charge in [-0.15, -0.1) is 11.3 Å². The van der Waals surface area contributed by atoms with Gasteiger partial charge in [0, 0.05) is 11.4 Å². The van der Waals surface area contributed by atoms with Gasteiger partial charge in [0.25, 0.3) is 0 Å². The fourth-order valence-electron chi connectivity index (χ4n) is 2.67. The summed E-state index contributed by atoms with van der Waals surface area (Å²) in [7, 11) is 0. The number of rotatable bonds is 3. The third-order valence-corrected chi connectivity index (χ3v) is 4.96. The second-order valence-electron chi connectivity index (χ2n) is 6.14. The molecule has 3 heteroatoms. The maximum Gasteiger partial charge on any atom is 0.107 e. The Labute approximate surface area is 114 Å². The molecule has 1 N–H and O–H groups in total. The van der Waals surface area contributed by atoms with Crippen LogP contribution in [0.2, 0.25) is 0 Å². The van der Waals surface area contributed by atoms with Crippen molar-refractivity contribution in [1.82, 2.24) is 5.32 Å². The van der Waals surface area contributed by atoms with E-state index >= 15 is 0 Å². The van der Waals surface area contributed by atoms with Crippen molar-refractivity contribution in [2.24, 2.45) is 5.41 Å². The maximum atomic E-state index is 9.56. The third-order valence-electron chi connectivity index (χ3n) is 4.08. The molecule has 0 amide bonds. The summed E-state index contributed by atoms with van der Waals surface area (Å²) in [5.74, 6) is 0. The molecule has 0 radical (unpaired) electrons. The second-order valence-corrected chi connectivity index (χ2v) is 7.18. The Balaban J connectivity index is 2.00. The zero-order valence-electron chi connectivity index (χ0n) is 11.3. The molecule has 1 aromatic rings. The summed E-state index contributed by atoms with van der Waals surface area (Å²) in [6.45, 7) is 5.46. The summed E-state index contributed by atoms with van der Waals surface area (Å²) in [5.41, 5.74) is 0.0843. The average Bonchev–Trinajstić information content (AvgIpc) is 2.80. The minimum atomic E-state index is -0.308. The van der Waals surface area contributed by atoms with Crippen LogP contribution in [0.25, 0.3) is 0 Å². The molecule has 1 unspecified atom stereocenters. The molecule has 0 aromatic carbocycles. The summed E-state index contributed by atoms with van der Waals surface area (Å²) < 4.78 is 0. The van der Waals surface area contributed by atoms with Crippen LogP contribution in [0, 0.1) is 16.7 Å². The standard InChI is InChI=1S/C15H22N2S/c1-14(2)6-4-7-15(12-16,9-8-14)17-11-13-5-3-10-18-13/h3,5,10,17H,4,6-9,11H2,1-2H3. The first-order valence-corrected chi connectivity index (χ1v) is 7.62. The summed E-state index contributed by atoms with van der Waals surface area (Å²) in [6.07, 6.45) is 5.48. The van der Waals surface area contributed by atoms with E-state index in [9.17, 15) is 5.26 Å². The van der Waals surface area contributed by atoms with Crippen LogP contribution in [0.5, 0.6) is 0 Å². The highest BCUT2D eigenvalue weighted by atomic mass is 32.1. The molecule has 2 nitrogen and oxygen atoms in total. The lowest BCUT2D eigenvalue weighted by Gasteiger charge is -2.27. The highest BCUT2D eigenvalue weighted by Crippen LogP contribution is 2.38. The van der Waals surface area contributed by atoms with Crippen LogP contribution in [-0.4, -0.2) is 5.54 Å². The summed E-state index contributed by atoms with van der Waals surface area (Å²) in [5, 5.41) is 15.2. The smallest absolute Gasteiger partial charge is 0.107 e. The summed E-state index contributed by atoms with van der Waals surface area (Å²) in [4.78, 5) is 1.31. The Morgan fingerprint density at radius 3 is 2.83 bits per heavy atom. The van der Waals surface area contributed by atoms with Gasteiger partial charge in [0.2, 0.25) is 0 Å². The quantitative estimate of drug-likeness (QED) is 0.833. The first kappa shape index (κ1) is 13.6. The van der Waals surface area contributed by atoms with Crippen LogP contribution in [0.15, 0.2) is 17.5 Å². The molecule has 1 aromatic heterocycles. The normalized spacial score (nSPS) is 27.4. The number of nitrogens with one attached hydrogen (secondary N) is 1. The molecule has 0 bridgehead atoms. The lowest BCUT2D eigenvalue weighted by atomic mass is 9.84. The fourth-order valence-corrected chi connectivity index (χ4v) is 3.31. The van der Waals surface area contributed by atoms with Crippen LogP contribution < -0.4 is 5.32 Å². The average molecular weight is 262 g/mol. The van der Waals surface area contributed by atoms with E-state index in [2.05, 4.69) is 42.7 Å². The Morgan fingerprint density at radius 1 is 1.33 bits per heavy atom. The van der Waals surface area contributed by atoms with E-state index in [0.29, 0.717) is 5.41 Å². The van der Waals surface area contributed by atoms with Crippen molar-refractivity contribution in [1.29, 1.82) is 5.26 Å². The summed E-state index contributed by atoms with van der Waals surface area (Å²) >= 11 is 1.75. The molecule has 1 saturated carbocycles. The first-order chi connectivity index (χ1) is 8.55. The van der Waals surface area contributed by atoms with Crippen molar-refractivity contribution in [2.75, 3.05) is 0 Å². The Kier molecular flexibility index (Phi) is 4.09. The van der Waals surface area contributed by atoms with Crippen LogP contribution >= 0.6 is 11.3 Å². The van der Waals surface area contributed by atoms with E-state index in [1.807, 2.05) is 0 Å². The molecule has 0 spiro atoms. The first-order valence-electron chi connectivity index (χ1n) is 6.74. The lowest BCUT2D eigenvalue weighted by molar-refractivity contribution is 0.298. The van der Waals surface area contributed by atoms with Crippen molar-refractivity contribution in [3.8, 4) is 6.07 Å². The Hall–Kier alpha value is -0.850. The van der Waals surface area contributed by atoms with E-state index in [4.69, 9.17) is 0 Å². The molecule has 1 aliphatic carbocycles. The number of hydrogen-bond acceptors (Lipinski definition) is 3. The topological polar surface area (TPSA) is 35.8 Å². The maximum absolute atomic E-state index is 9.56. The van der Waals surface area contributed by atoms with Crippen molar-refractivity contribution in [3.05, 3.63) is 22.4 Å². The van der Waals surface area contributed by atoms with Gasteiger partial charge >= 0.3 is 0 Å². The highest BCUT2D eigenvalue weighted by Gasteiger charge is 2.35. The SMILES string of the molecule is CC1(C)CCCC(C#N)(NCc2cccs2)CC1. The van der Waals surface area contributed by atoms with E-state index in [1.54, 1.807) is 11.3 Å². The molecule has 2 rings (SSSR count). The number of nitriles is 1. The predicted octanol–water partition coefficient (Wildman–Crippen LogP) is 4.09. The van der Waals surface area contributed by atoms with Gasteiger partial charge in [-0.3, -0.25) is 5.32 Å². The van der Waals surface area contributed by atoms with Crippen LogP contribution in [0.4, 0.5) is 0 Å². The zero-order chi connectivity index (χ0) is 13.1. The predicted molar refractivity (Wildman–Crippen MR) is 76.4 cm³/mol. The van der Waals surface area contributed by atoms with E-state index in [-0.39, 0.29) is 5.54 Å². The second kappa shape index (κ2) is 5.42. The van der Waals surface area contributed by atoms with E-state index in [0.717, 1.165) is 32.2 Å². The Bertz CT molecular complexity index is 416. The molecular weight excluding hydrogens is 240 g/mol. The largest absolute Gasteiger partial charge is 0.294 e. The van der Waals surface area contributed by atoms with Crippen LogP contribution in [-0.2, 0) is 6.54 Å². The summed E-state index contributed by atoms with van der Waals surface area (Å²) in [6, 6.07) is 6.75. The third kappa shape index (κ3) is 3.34. The zero-order valence-corrected chi connectivity index (χ0v) is 12.1. The molecular formula is C15H22N2S. The number of hydrogen-bond donors (Lipinski definition) is 1. The van der Waals surface area contributed by atoms with E-state index < -0.39 is 0 Å². The van der Waals surface area contributed by atoms with E-state index in [1.165, 1.54) is 11.3 Å². The minimum absolute atomic E-state index is 0.308. The number of thiophene rings is 1. The molecule has 0 aliphatic heterocycles. The van der Waals surface area contributed by atoms with Crippen molar-refractivity contribution >= 4 is 11.3 Å². The van der Waals surface area contributed by atoms with Gasteiger partial charge in [0.15, 0.2) is 0 Å². The lowest BCUT2D eigenvalue weighted by Crippen LogP contribution is -2.43. The molecule has 18 heavy (non-hydrogen) atoms. The molecule has 1 heterocycles. The molecule has 98 valence electrons. The molecule has 1 aliphatic rings. The number of nitrogens with zero attached hydrogens (tertiary/aromatic N) is 1. The van der Waals surface area contributed by atoms with Gasteiger partial charge in [-0.2, -0.15) is 5.26 Å². The van der Waals surface area contributed by atoms with Gasteiger partial charge in [-0.1, -0.05) is 26.3 Å².